The van der Waals surface area contributed by atoms with Crippen LogP contribution < -0.4 is 0 Å². The summed E-state index contributed by atoms with van der Waals surface area (Å²) >= 11 is 1.86. The third-order valence-corrected chi connectivity index (χ3v) is 12.8. The van der Waals surface area contributed by atoms with Crippen LogP contribution in [0.3, 0.4) is 0 Å². The van der Waals surface area contributed by atoms with Gasteiger partial charge in [0.2, 0.25) is 0 Å². The Morgan fingerprint density at radius 2 is 1.30 bits per heavy atom. The maximum absolute atomic E-state index is 6.28. The lowest BCUT2D eigenvalue weighted by Gasteiger charge is -2.20. The van der Waals surface area contributed by atoms with Crippen LogP contribution in [0.5, 0.6) is 0 Å². The second kappa shape index (κ2) is 12.7. The normalized spacial score (nSPS) is 14.0. The minimum atomic E-state index is 0.164. The highest BCUT2D eigenvalue weighted by molar-refractivity contribution is 7.26. The molecule has 4 heterocycles. The molecule has 4 nitrogen and oxygen atoms in total. The highest BCUT2D eigenvalue weighted by Crippen LogP contribution is 2.45. The molecule has 1 atom stereocenters. The standard InChI is InChI=1S/C52H33N3OS/c1-2-12-33(13-3-1)52-54-44-18-8-9-19-45(44)55(52)38-25-22-32(23-26-38)35-28-36(34-24-27-47-42(31-34)39-14-5-10-20-46(39)56-47)30-37(29-35)50-49-41-16-6-11-21-48(41)57-51(49)40-15-4-7-17-43(40)53-50/h1-30,34H,31H2. The molecule has 1 aliphatic carbocycles. The summed E-state index contributed by atoms with van der Waals surface area (Å²) in [5.74, 6) is 2.06. The Morgan fingerprint density at radius 3 is 2.18 bits per heavy atom. The highest BCUT2D eigenvalue weighted by Gasteiger charge is 2.24. The molecule has 0 N–H and O–H groups in total. The summed E-state index contributed by atoms with van der Waals surface area (Å²) in [5.41, 5.74) is 13.1. The van der Waals surface area contributed by atoms with Crippen molar-refractivity contribution in [2.45, 2.75) is 12.3 Å². The monoisotopic (exact) mass is 747 g/mol. The molecule has 0 aliphatic heterocycles. The van der Waals surface area contributed by atoms with E-state index in [2.05, 4.69) is 174 Å². The number of imidazole rings is 1. The van der Waals surface area contributed by atoms with Gasteiger partial charge >= 0.3 is 0 Å². The van der Waals surface area contributed by atoms with Gasteiger partial charge in [0.1, 0.15) is 17.2 Å². The van der Waals surface area contributed by atoms with Gasteiger partial charge in [0.15, 0.2) is 0 Å². The van der Waals surface area contributed by atoms with Crippen LogP contribution in [0.1, 0.15) is 22.8 Å². The van der Waals surface area contributed by atoms with Crippen LogP contribution in [0.15, 0.2) is 180 Å². The molecular formula is C52H33N3OS. The Kier molecular flexibility index (Phi) is 7.19. The number of furan rings is 1. The number of fused-ring (bicyclic) bond motifs is 9. The molecule has 0 radical (unpaired) electrons. The fraction of sp³-hybridized carbons (Fsp3) is 0.0385. The van der Waals surface area contributed by atoms with Crippen molar-refractivity contribution in [2.24, 2.45) is 0 Å². The van der Waals surface area contributed by atoms with Crippen LogP contribution >= 0.6 is 11.3 Å². The third-order valence-electron chi connectivity index (χ3n) is 11.6. The minimum absolute atomic E-state index is 0.164. The van der Waals surface area contributed by atoms with E-state index in [1.54, 1.807) is 0 Å². The predicted molar refractivity (Wildman–Crippen MR) is 237 cm³/mol. The molecule has 0 amide bonds. The van der Waals surface area contributed by atoms with Crippen LogP contribution in [0.25, 0.3) is 98.6 Å². The first-order chi connectivity index (χ1) is 28.2. The average Bonchev–Trinajstić information content (AvgIpc) is 3.98. The van der Waals surface area contributed by atoms with Crippen molar-refractivity contribution in [2.75, 3.05) is 0 Å². The van der Waals surface area contributed by atoms with E-state index in [9.17, 15) is 0 Å². The summed E-state index contributed by atoms with van der Waals surface area (Å²) in [4.78, 5) is 10.6. The SMILES string of the molecule is C1=CC(c2cc(-c3ccc(-n4c(-c5ccccc5)nc5ccccc54)cc3)cc(-c3nc4ccccc4c4sc5ccccc5c34)c2)Cc2c1oc1ccccc21. The van der Waals surface area contributed by atoms with Gasteiger partial charge in [-0.25, -0.2) is 9.97 Å². The molecule has 1 unspecified atom stereocenters. The molecule has 0 fully saturated rings. The number of thiophene rings is 1. The third kappa shape index (κ3) is 5.20. The number of para-hydroxylation sites is 4. The van der Waals surface area contributed by atoms with E-state index < -0.39 is 0 Å². The number of benzene rings is 7. The van der Waals surface area contributed by atoms with E-state index in [-0.39, 0.29) is 5.92 Å². The van der Waals surface area contributed by atoms with E-state index >= 15 is 0 Å². The van der Waals surface area contributed by atoms with E-state index in [4.69, 9.17) is 14.4 Å². The lowest BCUT2D eigenvalue weighted by molar-refractivity contribution is 0.592. The number of hydrogen-bond donors (Lipinski definition) is 0. The van der Waals surface area contributed by atoms with Gasteiger partial charge < -0.3 is 4.42 Å². The summed E-state index contributed by atoms with van der Waals surface area (Å²) in [6.07, 6.45) is 5.35. The number of hydrogen-bond acceptors (Lipinski definition) is 4. The molecule has 12 rings (SSSR count). The zero-order chi connectivity index (χ0) is 37.5. The molecule has 5 heteroatoms. The maximum Gasteiger partial charge on any atom is 0.145 e. The van der Waals surface area contributed by atoms with E-state index in [0.717, 1.165) is 73.8 Å². The number of nitrogens with zero attached hydrogens (tertiary/aromatic N) is 3. The molecule has 1 aliphatic rings. The molecule has 11 aromatic rings. The van der Waals surface area contributed by atoms with Crippen molar-refractivity contribution in [1.82, 2.24) is 14.5 Å². The zero-order valence-electron chi connectivity index (χ0n) is 30.8. The second-order valence-electron chi connectivity index (χ2n) is 14.9. The number of rotatable bonds is 5. The van der Waals surface area contributed by atoms with Crippen LogP contribution in [-0.2, 0) is 6.42 Å². The largest absolute Gasteiger partial charge is 0.456 e. The Hall–Kier alpha value is -7.08. The van der Waals surface area contributed by atoms with Gasteiger partial charge in [0, 0.05) is 59.2 Å². The Labute approximate surface area is 332 Å². The Bertz CT molecular complexity index is 3390. The number of pyridine rings is 1. The van der Waals surface area contributed by atoms with Crippen LogP contribution in [-0.4, -0.2) is 14.5 Å². The van der Waals surface area contributed by atoms with Crippen molar-refractivity contribution in [1.29, 1.82) is 0 Å². The molecule has 0 bridgehead atoms. The lowest BCUT2D eigenvalue weighted by atomic mass is 9.84. The summed E-state index contributed by atoms with van der Waals surface area (Å²) in [7, 11) is 0. The smallest absolute Gasteiger partial charge is 0.145 e. The van der Waals surface area contributed by atoms with Crippen LogP contribution in [0.4, 0.5) is 0 Å². The fourth-order valence-corrected chi connectivity index (χ4v) is 10.1. The Morgan fingerprint density at radius 1 is 0.579 bits per heavy atom. The molecule has 4 aromatic heterocycles. The first-order valence-electron chi connectivity index (χ1n) is 19.4. The first-order valence-corrected chi connectivity index (χ1v) is 20.2. The zero-order valence-corrected chi connectivity index (χ0v) is 31.6. The van der Waals surface area contributed by atoms with Gasteiger partial charge in [0.05, 0.1) is 22.2 Å². The molecule has 0 saturated carbocycles. The van der Waals surface area contributed by atoms with E-state index in [0.29, 0.717) is 0 Å². The van der Waals surface area contributed by atoms with E-state index in [1.165, 1.54) is 42.1 Å². The molecule has 0 spiro atoms. The Balaban J connectivity index is 1.05. The molecule has 268 valence electrons. The van der Waals surface area contributed by atoms with Crippen molar-refractivity contribution < 1.29 is 4.42 Å². The van der Waals surface area contributed by atoms with Crippen molar-refractivity contribution >= 4 is 70.5 Å². The van der Waals surface area contributed by atoms with Crippen LogP contribution in [0, 0.1) is 0 Å². The highest BCUT2D eigenvalue weighted by atomic mass is 32.1. The van der Waals surface area contributed by atoms with Crippen molar-refractivity contribution in [3.8, 4) is 39.5 Å². The van der Waals surface area contributed by atoms with Crippen molar-refractivity contribution in [3.63, 3.8) is 0 Å². The topological polar surface area (TPSA) is 43.9 Å². The van der Waals surface area contributed by atoms with Gasteiger partial charge in [-0.1, -0.05) is 121 Å². The summed E-state index contributed by atoms with van der Waals surface area (Å²) in [6.45, 7) is 0. The lowest BCUT2D eigenvalue weighted by Crippen LogP contribution is -2.05. The second-order valence-corrected chi connectivity index (χ2v) is 16.0. The van der Waals surface area contributed by atoms with E-state index in [1.807, 2.05) is 23.5 Å². The quantitative estimate of drug-likeness (QED) is 0.176. The summed E-state index contributed by atoms with van der Waals surface area (Å²) in [6, 6.07) is 60.6. The van der Waals surface area contributed by atoms with Gasteiger partial charge in [0.25, 0.3) is 0 Å². The average molecular weight is 748 g/mol. The predicted octanol–water partition coefficient (Wildman–Crippen LogP) is 14.0. The fourth-order valence-electron chi connectivity index (χ4n) is 8.84. The maximum atomic E-state index is 6.28. The minimum Gasteiger partial charge on any atom is -0.456 e. The first kappa shape index (κ1) is 32.2. The number of aromatic nitrogens is 3. The van der Waals surface area contributed by atoms with Crippen LogP contribution in [0.2, 0.25) is 0 Å². The number of allylic oxidation sites excluding steroid dienone is 1. The van der Waals surface area contributed by atoms with Gasteiger partial charge in [-0.3, -0.25) is 4.57 Å². The van der Waals surface area contributed by atoms with Gasteiger partial charge in [-0.15, -0.1) is 11.3 Å². The molecule has 7 aromatic carbocycles. The van der Waals surface area contributed by atoms with Crippen molar-refractivity contribution in [3.05, 3.63) is 193 Å². The molecule has 0 saturated heterocycles. The summed E-state index contributed by atoms with van der Waals surface area (Å²) < 4.78 is 11.1. The van der Waals surface area contributed by atoms with Gasteiger partial charge in [-0.05, 0) is 83.8 Å². The van der Waals surface area contributed by atoms with Gasteiger partial charge in [-0.2, -0.15) is 0 Å². The summed E-state index contributed by atoms with van der Waals surface area (Å²) in [5, 5.41) is 4.85. The molecule has 57 heavy (non-hydrogen) atoms. The molecular weight excluding hydrogens is 715 g/mol.